The van der Waals surface area contributed by atoms with Crippen LogP contribution in [0.2, 0.25) is 5.02 Å². The van der Waals surface area contributed by atoms with Gasteiger partial charge in [0.2, 0.25) is 0 Å². The van der Waals surface area contributed by atoms with Gasteiger partial charge in [0.25, 0.3) is 0 Å². The molecular formula is C18H13ClN2O3S. The second-order valence-electron chi connectivity index (χ2n) is 5.15. The molecule has 0 saturated heterocycles. The lowest BCUT2D eigenvalue weighted by atomic mass is 10.0. The average molecular weight is 373 g/mol. The van der Waals surface area contributed by atoms with E-state index in [-0.39, 0.29) is 5.78 Å². The second-order valence-corrected chi connectivity index (χ2v) is 6.34. The highest BCUT2D eigenvalue weighted by Crippen LogP contribution is 2.19. The number of hydrogen-bond donors (Lipinski definition) is 0. The first-order chi connectivity index (χ1) is 12.1. The first-order valence-corrected chi connectivity index (χ1v) is 8.67. The van der Waals surface area contributed by atoms with Gasteiger partial charge < -0.3 is 4.74 Å². The van der Waals surface area contributed by atoms with Crippen molar-refractivity contribution in [1.29, 1.82) is 0 Å². The molecule has 0 aliphatic carbocycles. The van der Waals surface area contributed by atoms with Crippen LogP contribution in [-0.2, 0) is 6.42 Å². The number of carbonyl (C=O) groups excluding carboxylic acids is 2. The van der Waals surface area contributed by atoms with E-state index < -0.39 is 5.97 Å². The van der Waals surface area contributed by atoms with E-state index in [1.807, 2.05) is 6.92 Å². The van der Waals surface area contributed by atoms with Crippen LogP contribution in [0.1, 0.15) is 38.2 Å². The fourth-order valence-electron chi connectivity index (χ4n) is 2.19. The Bertz CT molecular complexity index is 905. The van der Waals surface area contributed by atoms with E-state index in [1.165, 1.54) is 0 Å². The van der Waals surface area contributed by atoms with Gasteiger partial charge in [-0.25, -0.2) is 4.79 Å². The van der Waals surface area contributed by atoms with E-state index >= 15 is 0 Å². The van der Waals surface area contributed by atoms with Gasteiger partial charge in [0.05, 0.1) is 5.69 Å². The summed E-state index contributed by atoms with van der Waals surface area (Å²) in [7, 11) is 0. The molecule has 0 unspecified atom stereocenters. The molecule has 0 fully saturated rings. The first kappa shape index (κ1) is 17.3. The molecule has 5 nitrogen and oxygen atoms in total. The molecule has 1 aromatic heterocycles. The van der Waals surface area contributed by atoms with Gasteiger partial charge in [-0.3, -0.25) is 4.79 Å². The Hall–Kier alpha value is -2.57. The largest absolute Gasteiger partial charge is 0.422 e. The maximum absolute atomic E-state index is 12.4. The lowest BCUT2D eigenvalue weighted by Gasteiger charge is -2.05. The van der Waals surface area contributed by atoms with E-state index in [0.717, 1.165) is 11.5 Å². The molecule has 0 spiro atoms. The number of carbonyl (C=O) groups is 2. The molecule has 0 N–H and O–H groups in total. The fourth-order valence-corrected chi connectivity index (χ4v) is 2.94. The number of nitrogens with zero attached hydrogens (tertiary/aromatic N) is 2. The Morgan fingerprint density at radius 1 is 1.04 bits per heavy atom. The van der Waals surface area contributed by atoms with Crippen molar-refractivity contribution in [1.82, 2.24) is 9.59 Å². The Morgan fingerprint density at radius 2 is 1.64 bits per heavy atom. The number of hydrogen-bond acceptors (Lipinski definition) is 6. The summed E-state index contributed by atoms with van der Waals surface area (Å²) in [6.07, 6.45) is 0.607. The monoisotopic (exact) mass is 372 g/mol. The molecule has 0 aliphatic rings. The third kappa shape index (κ3) is 3.92. The normalized spacial score (nSPS) is 10.5. The SMILES string of the molecule is CCc1nnsc1C(=O)Oc1ccc(C(=O)c2ccc(Cl)cc2)cc1. The second kappa shape index (κ2) is 7.55. The van der Waals surface area contributed by atoms with E-state index in [4.69, 9.17) is 16.3 Å². The van der Waals surface area contributed by atoms with E-state index in [9.17, 15) is 9.59 Å². The van der Waals surface area contributed by atoms with Crippen LogP contribution in [0.5, 0.6) is 5.75 Å². The molecule has 1 heterocycles. The van der Waals surface area contributed by atoms with Crippen LogP contribution >= 0.6 is 23.1 Å². The zero-order valence-corrected chi connectivity index (χ0v) is 14.8. The van der Waals surface area contributed by atoms with Crippen molar-refractivity contribution < 1.29 is 14.3 Å². The van der Waals surface area contributed by atoms with Crippen LogP contribution in [-0.4, -0.2) is 21.3 Å². The molecular weight excluding hydrogens is 360 g/mol. The third-order valence-electron chi connectivity index (χ3n) is 3.51. The summed E-state index contributed by atoms with van der Waals surface area (Å²) in [5.74, 6) is -0.272. The topological polar surface area (TPSA) is 69.2 Å². The van der Waals surface area contributed by atoms with E-state index in [1.54, 1.807) is 48.5 Å². The van der Waals surface area contributed by atoms with Gasteiger partial charge in [0, 0.05) is 16.1 Å². The van der Waals surface area contributed by atoms with Crippen LogP contribution in [0.3, 0.4) is 0 Å². The van der Waals surface area contributed by atoms with Gasteiger partial charge in [0.15, 0.2) is 10.7 Å². The van der Waals surface area contributed by atoms with Crippen LogP contribution in [0.25, 0.3) is 0 Å². The van der Waals surface area contributed by atoms with E-state index in [0.29, 0.717) is 38.9 Å². The van der Waals surface area contributed by atoms with Crippen molar-refractivity contribution in [2.45, 2.75) is 13.3 Å². The minimum atomic E-state index is -0.497. The van der Waals surface area contributed by atoms with Gasteiger partial charge in [0.1, 0.15) is 5.75 Å². The van der Waals surface area contributed by atoms with Gasteiger partial charge in [-0.05, 0) is 66.5 Å². The van der Waals surface area contributed by atoms with Gasteiger partial charge in [-0.1, -0.05) is 23.0 Å². The average Bonchev–Trinajstić information content (AvgIpc) is 3.11. The summed E-state index contributed by atoms with van der Waals surface area (Å²) >= 11 is 6.84. The molecule has 25 heavy (non-hydrogen) atoms. The highest BCUT2D eigenvalue weighted by Gasteiger charge is 2.17. The molecule has 126 valence electrons. The first-order valence-electron chi connectivity index (χ1n) is 7.52. The Labute approximate surface area is 153 Å². The van der Waals surface area contributed by atoms with Gasteiger partial charge >= 0.3 is 5.97 Å². The van der Waals surface area contributed by atoms with E-state index in [2.05, 4.69) is 9.59 Å². The fraction of sp³-hybridized carbons (Fsp3) is 0.111. The highest BCUT2D eigenvalue weighted by atomic mass is 35.5. The number of esters is 1. The Kier molecular flexibility index (Phi) is 5.21. The predicted molar refractivity (Wildman–Crippen MR) is 95.6 cm³/mol. The molecule has 3 aromatic rings. The minimum absolute atomic E-state index is 0.130. The summed E-state index contributed by atoms with van der Waals surface area (Å²) in [5, 5.41) is 4.46. The highest BCUT2D eigenvalue weighted by molar-refractivity contribution is 7.07. The molecule has 0 bridgehead atoms. The number of ether oxygens (including phenoxy) is 1. The smallest absolute Gasteiger partial charge is 0.357 e. The zero-order chi connectivity index (χ0) is 17.8. The molecule has 0 saturated carbocycles. The van der Waals surface area contributed by atoms with Gasteiger partial charge in [-0.15, -0.1) is 5.10 Å². The Balaban J connectivity index is 1.73. The van der Waals surface area contributed by atoms with Crippen molar-refractivity contribution in [2.75, 3.05) is 0 Å². The van der Waals surface area contributed by atoms with Crippen LogP contribution in [0.4, 0.5) is 0 Å². The van der Waals surface area contributed by atoms with Crippen molar-refractivity contribution in [3.63, 3.8) is 0 Å². The van der Waals surface area contributed by atoms with Gasteiger partial charge in [-0.2, -0.15) is 0 Å². The summed E-state index contributed by atoms with van der Waals surface area (Å²) in [5.41, 5.74) is 1.65. The number of halogens is 1. The quantitative estimate of drug-likeness (QED) is 0.381. The predicted octanol–water partition coefficient (Wildman–Crippen LogP) is 4.20. The van der Waals surface area contributed by atoms with Crippen molar-refractivity contribution in [2.24, 2.45) is 0 Å². The summed E-state index contributed by atoms with van der Waals surface area (Å²) in [6, 6.07) is 13.1. The van der Waals surface area contributed by atoms with Crippen molar-refractivity contribution in [3.05, 3.63) is 75.3 Å². The molecule has 0 amide bonds. The van der Waals surface area contributed by atoms with Crippen LogP contribution < -0.4 is 4.74 Å². The molecule has 3 rings (SSSR count). The minimum Gasteiger partial charge on any atom is -0.422 e. The van der Waals surface area contributed by atoms with Crippen LogP contribution in [0, 0.1) is 0 Å². The van der Waals surface area contributed by atoms with Crippen molar-refractivity contribution in [3.8, 4) is 5.75 Å². The number of aromatic nitrogens is 2. The molecule has 0 aliphatic heterocycles. The number of benzene rings is 2. The molecule has 0 atom stereocenters. The maximum atomic E-state index is 12.4. The molecule has 0 radical (unpaired) electrons. The number of ketones is 1. The maximum Gasteiger partial charge on any atom is 0.357 e. The molecule has 2 aromatic carbocycles. The zero-order valence-electron chi connectivity index (χ0n) is 13.2. The number of aryl methyl sites for hydroxylation is 1. The number of rotatable bonds is 5. The van der Waals surface area contributed by atoms with Crippen molar-refractivity contribution >= 4 is 34.9 Å². The molecule has 7 heteroatoms. The third-order valence-corrected chi connectivity index (χ3v) is 4.51. The Morgan fingerprint density at radius 3 is 2.24 bits per heavy atom. The standard InChI is InChI=1S/C18H13ClN2O3S/c1-2-15-17(25-21-20-15)18(23)24-14-9-5-12(6-10-14)16(22)11-3-7-13(19)8-4-11/h3-10H,2H2,1H3. The lowest BCUT2D eigenvalue weighted by molar-refractivity contribution is 0.0738. The summed E-state index contributed by atoms with van der Waals surface area (Å²) in [6.45, 7) is 1.89. The lowest BCUT2D eigenvalue weighted by Crippen LogP contribution is -2.09. The summed E-state index contributed by atoms with van der Waals surface area (Å²) < 4.78 is 9.09. The summed E-state index contributed by atoms with van der Waals surface area (Å²) in [4.78, 5) is 24.9. The van der Waals surface area contributed by atoms with Crippen LogP contribution in [0.15, 0.2) is 48.5 Å².